The summed E-state index contributed by atoms with van der Waals surface area (Å²) in [6.07, 6.45) is 0. The fourth-order valence-corrected chi connectivity index (χ4v) is 3.87. The standard InChI is InChI=1S/C19H20N2O5S/c1-10-12(3)27-19(24)21(10)9-16(22)26-13-6-7-15-14(8-13)17(18(23)25-5)11(2)20(15)4/h6-8H,9H2,1-5H3. The minimum atomic E-state index is -0.551. The van der Waals surface area contributed by atoms with Gasteiger partial charge in [-0.1, -0.05) is 11.3 Å². The monoisotopic (exact) mass is 388 g/mol. The van der Waals surface area contributed by atoms with Crippen LogP contribution in [-0.4, -0.2) is 28.2 Å². The first-order valence-corrected chi connectivity index (χ1v) is 9.11. The van der Waals surface area contributed by atoms with Crippen molar-refractivity contribution in [1.82, 2.24) is 9.13 Å². The first-order valence-electron chi connectivity index (χ1n) is 8.29. The highest BCUT2D eigenvalue weighted by Gasteiger charge is 2.20. The molecule has 2 heterocycles. The van der Waals surface area contributed by atoms with Crippen LogP contribution >= 0.6 is 11.3 Å². The molecule has 2 aromatic heterocycles. The average molecular weight is 388 g/mol. The molecule has 3 aromatic rings. The van der Waals surface area contributed by atoms with E-state index in [2.05, 4.69) is 0 Å². The van der Waals surface area contributed by atoms with Crippen LogP contribution in [0.4, 0.5) is 0 Å². The molecule has 0 atom stereocenters. The molecule has 0 radical (unpaired) electrons. The maximum absolute atomic E-state index is 12.3. The number of benzene rings is 1. The van der Waals surface area contributed by atoms with E-state index in [1.807, 2.05) is 25.5 Å². The molecule has 8 heteroatoms. The Morgan fingerprint density at radius 1 is 1.15 bits per heavy atom. The van der Waals surface area contributed by atoms with Crippen molar-refractivity contribution in [3.8, 4) is 5.75 Å². The van der Waals surface area contributed by atoms with Crippen LogP contribution in [0.1, 0.15) is 26.6 Å². The molecule has 0 N–H and O–H groups in total. The zero-order valence-electron chi connectivity index (χ0n) is 15.8. The number of esters is 2. The summed E-state index contributed by atoms with van der Waals surface area (Å²) in [4.78, 5) is 37.1. The van der Waals surface area contributed by atoms with Crippen molar-refractivity contribution in [2.45, 2.75) is 27.3 Å². The van der Waals surface area contributed by atoms with E-state index in [0.29, 0.717) is 16.7 Å². The van der Waals surface area contributed by atoms with Crippen molar-refractivity contribution in [3.63, 3.8) is 0 Å². The molecule has 7 nitrogen and oxygen atoms in total. The van der Waals surface area contributed by atoms with E-state index in [4.69, 9.17) is 9.47 Å². The lowest BCUT2D eigenvalue weighted by atomic mass is 10.1. The second kappa shape index (κ2) is 7.03. The highest BCUT2D eigenvalue weighted by atomic mass is 32.1. The molecule has 1 aromatic carbocycles. The van der Waals surface area contributed by atoms with Gasteiger partial charge in [0.1, 0.15) is 12.3 Å². The first-order chi connectivity index (χ1) is 12.7. The molecule has 3 rings (SSSR count). The number of nitrogens with zero attached hydrogens (tertiary/aromatic N) is 2. The molecule has 0 saturated heterocycles. The van der Waals surface area contributed by atoms with E-state index >= 15 is 0 Å². The molecule has 142 valence electrons. The highest BCUT2D eigenvalue weighted by Crippen LogP contribution is 2.29. The summed E-state index contributed by atoms with van der Waals surface area (Å²) in [5, 5.41) is 0.645. The smallest absolute Gasteiger partial charge is 0.340 e. The largest absolute Gasteiger partial charge is 0.465 e. The normalized spacial score (nSPS) is 11.0. The SMILES string of the molecule is COC(=O)c1c(C)n(C)c2ccc(OC(=O)Cn3c(C)c(C)sc3=O)cc12. The van der Waals surface area contributed by atoms with Gasteiger partial charge in [-0.25, -0.2) is 9.59 Å². The molecular weight excluding hydrogens is 368 g/mol. The number of thiazole rings is 1. The zero-order valence-corrected chi connectivity index (χ0v) is 16.6. The van der Waals surface area contributed by atoms with Gasteiger partial charge in [0, 0.05) is 34.2 Å². The van der Waals surface area contributed by atoms with Gasteiger partial charge in [-0.3, -0.25) is 9.36 Å². The van der Waals surface area contributed by atoms with Crippen LogP contribution in [0.3, 0.4) is 0 Å². The van der Waals surface area contributed by atoms with E-state index in [9.17, 15) is 14.4 Å². The van der Waals surface area contributed by atoms with Gasteiger partial charge in [0.2, 0.25) is 0 Å². The Morgan fingerprint density at radius 2 is 1.85 bits per heavy atom. The van der Waals surface area contributed by atoms with E-state index in [0.717, 1.165) is 33.1 Å². The van der Waals surface area contributed by atoms with Gasteiger partial charge in [-0.05, 0) is 39.0 Å². The van der Waals surface area contributed by atoms with Gasteiger partial charge < -0.3 is 14.0 Å². The van der Waals surface area contributed by atoms with Crippen LogP contribution in [0.25, 0.3) is 10.9 Å². The minimum absolute atomic E-state index is 0.162. The maximum atomic E-state index is 12.3. The Bertz CT molecular complexity index is 1120. The Morgan fingerprint density at radius 3 is 2.44 bits per heavy atom. The van der Waals surface area contributed by atoms with E-state index < -0.39 is 11.9 Å². The third-order valence-corrected chi connectivity index (χ3v) is 5.74. The van der Waals surface area contributed by atoms with Crippen molar-refractivity contribution < 1.29 is 19.1 Å². The lowest BCUT2D eigenvalue weighted by Crippen LogP contribution is -2.23. The number of methoxy groups -OCH3 is 1. The Kier molecular flexibility index (Phi) is 4.93. The van der Waals surface area contributed by atoms with E-state index in [1.165, 1.54) is 11.7 Å². The number of rotatable bonds is 4. The molecular formula is C19H20N2O5S. The molecule has 0 fully saturated rings. The van der Waals surface area contributed by atoms with Crippen molar-refractivity contribution >= 4 is 34.2 Å². The molecule has 0 bridgehead atoms. The molecule has 27 heavy (non-hydrogen) atoms. The molecule has 0 unspecified atom stereocenters. The number of carbonyl (C=O) groups excluding carboxylic acids is 2. The summed E-state index contributed by atoms with van der Waals surface area (Å²) in [6.45, 7) is 5.29. The Labute approximate surface area is 159 Å². The summed E-state index contributed by atoms with van der Waals surface area (Å²) in [7, 11) is 3.18. The minimum Gasteiger partial charge on any atom is -0.465 e. The second-order valence-corrected chi connectivity index (χ2v) is 7.43. The van der Waals surface area contributed by atoms with Gasteiger partial charge in [0.25, 0.3) is 0 Å². The van der Waals surface area contributed by atoms with Crippen LogP contribution < -0.4 is 9.61 Å². The fraction of sp³-hybridized carbons (Fsp3) is 0.316. The predicted octanol–water partition coefficient (Wildman–Crippen LogP) is 2.72. The second-order valence-electron chi connectivity index (χ2n) is 6.26. The van der Waals surface area contributed by atoms with Gasteiger partial charge in [-0.2, -0.15) is 0 Å². The van der Waals surface area contributed by atoms with Crippen LogP contribution in [0.2, 0.25) is 0 Å². The van der Waals surface area contributed by atoms with Gasteiger partial charge in [0.15, 0.2) is 0 Å². The zero-order chi connectivity index (χ0) is 19.9. The molecule has 0 aliphatic heterocycles. The topological polar surface area (TPSA) is 79.5 Å². The summed E-state index contributed by atoms with van der Waals surface area (Å²) in [5.41, 5.74) is 2.78. The number of fused-ring (bicyclic) bond motifs is 1. The van der Waals surface area contributed by atoms with Crippen LogP contribution in [0.15, 0.2) is 23.0 Å². The summed E-state index contributed by atoms with van der Waals surface area (Å²) in [6, 6.07) is 5.08. The summed E-state index contributed by atoms with van der Waals surface area (Å²) in [5.74, 6) is -0.692. The number of hydrogen-bond acceptors (Lipinski definition) is 6. The summed E-state index contributed by atoms with van der Waals surface area (Å²) >= 11 is 1.10. The fourth-order valence-electron chi connectivity index (χ4n) is 3.04. The van der Waals surface area contributed by atoms with Gasteiger partial charge >= 0.3 is 16.8 Å². The van der Waals surface area contributed by atoms with Crippen molar-refractivity contribution in [2.75, 3.05) is 7.11 Å². The summed E-state index contributed by atoms with van der Waals surface area (Å²) < 4.78 is 13.6. The third kappa shape index (κ3) is 3.28. The molecule has 0 saturated carbocycles. The lowest BCUT2D eigenvalue weighted by molar-refractivity contribution is -0.135. The molecule has 0 spiro atoms. The van der Waals surface area contributed by atoms with E-state index in [-0.39, 0.29) is 11.4 Å². The van der Waals surface area contributed by atoms with Crippen LogP contribution in [0, 0.1) is 20.8 Å². The predicted molar refractivity (Wildman–Crippen MR) is 103 cm³/mol. The maximum Gasteiger partial charge on any atom is 0.340 e. The molecule has 0 amide bonds. The molecule has 0 aliphatic carbocycles. The number of ether oxygens (including phenoxy) is 2. The Hall–Kier alpha value is -2.87. The van der Waals surface area contributed by atoms with Crippen molar-refractivity contribution in [3.05, 3.63) is 49.7 Å². The van der Waals surface area contributed by atoms with Gasteiger partial charge in [0.05, 0.1) is 12.7 Å². The van der Waals surface area contributed by atoms with Crippen LogP contribution in [-0.2, 0) is 23.1 Å². The Balaban J connectivity index is 1.92. The number of aromatic nitrogens is 2. The van der Waals surface area contributed by atoms with Crippen LogP contribution in [0.5, 0.6) is 5.75 Å². The molecule has 0 aliphatic rings. The average Bonchev–Trinajstić information content (AvgIpc) is 3.01. The highest BCUT2D eigenvalue weighted by molar-refractivity contribution is 7.09. The van der Waals surface area contributed by atoms with Crippen molar-refractivity contribution in [2.24, 2.45) is 7.05 Å². The number of aryl methyl sites for hydroxylation is 2. The quantitative estimate of drug-likeness (QED) is 0.507. The van der Waals surface area contributed by atoms with Crippen molar-refractivity contribution in [1.29, 1.82) is 0 Å². The van der Waals surface area contributed by atoms with Gasteiger partial charge in [-0.15, -0.1) is 0 Å². The first kappa shape index (κ1) is 18.9. The van der Waals surface area contributed by atoms with E-state index in [1.54, 1.807) is 25.1 Å². The number of hydrogen-bond donors (Lipinski definition) is 0. The third-order valence-electron chi connectivity index (χ3n) is 4.75. The lowest BCUT2D eigenvalue weighted by Gasteiger charge is -2.07. The number of carbonyl (C=O) groups is 2.